The summed E-state index contributed by atoms with van der Waals surface area (Å²) in [6.45, 7) is 6.60. The second-order valence-corrected chi connectivity index (χ2v) is 13.9. The number of hydrogen-bond donors (Lipinski definition) is 2. The normalized spacial score (nSPS) is 12.2. The lowest BCUT2D eigenvalue weighted by Gasteiger charge is -2.42. The van der Waals surface area contributed by atoms with Gasteiger partial charge in [0.15, 0.2) is 0 Å². The van der Waals surface area contributed by atoms with E-state index in [-0.39, 0.29) is 56.8 Å². The van der Waals surface area contributed by atoms with Gasteiger partial charge in [-0.25, -0.2) is 0 Å². The second kappa shape index (κ2) is 15.5. The summed E-state index contributed by atoms with van der Waals surface area (Å²) >= 11 is 0. The molecule has 0 radical (unpaired) electrons. The first-order valence-electron chi connectivity index (χ1n) is 13.8. The first-order chi connectivity index (χ1) is 20.2. The number of rotatable bonds is 17. The lowest BCUT2D eigenvalue weighted by atomic mass is 10.1. The standard InChI is InChI=1S/C30H39NO9P2/c1-5-36-41(34,37-6-2)30(42(35,38-7-3)39-8-4,40-28-19-17-27(32)18-20-28)22-24-13-12-14-25(21-24)23-31-29(33)26-15-10-9-11-16-26/h9-21,32H,5-8,22-23H2,1-4H3,(H,31,33). The van der Waals surface area contributed by atoms with Crippen LogP contribution in [0.25, 0.3) is 0 Å². The highest BCUT2D eigenvalue weighted by molar-refractivity contribution is 7.74. The fourth-order valence-electron chi connectivity index (χ4n) is 4.34. The van der Waals surface area contributed by atoms with Crippen LogP contribution in [0, 0.1) is 0 Å². The topological polar surface area (TPSA) is 130 Å². The summed E-state index contributed by atoms with van der Waals surface area (Å²) in [5.74, 6) is -0.118. The Morgan fingerprint density at radius 3 is 1.79 bits per heavy atom. The maximum absolute atomic E-state index is 14.8. The smallest absolute Gasteiger partial charge is 0.386 e. The van der Waals surface area contributed by atoms with Crippen LogP contribution in [0.5, 0.6) is 11.5 Å². The molecule has 10 nitrogen and oxygen atoms in total. The average Bonchev–Trinajstić information content (AvgIpc) is 2.97. The van der Waals surface area contributed by atoms with Gasteiger partial charge >= 0.3 is 20.3 Å². The lowest BCUT2D eigenvalue weighted by molar-refractivity contribution is 0.0950. The Bertz CT molecular complexity index is 1330. The molecule has 0 aliphatic heterocycles. The number of hydrogen-bond acceptors (Lipinski definition) is 9. The van der Waals surface area contributed by atoms with Crippen molar-refractivity contribution in [1.82, 2.24) is 5.32 Å². The Morgan fingerprint density at radius 1 is 0.738 bits per heavy atom. The number of benzene rings is 3. The number of amides is 1. The molecular weight excluding hydrogens is 580 g/mol. The van der Waals surface area contributed by atoms with E-state index < -0.39 is 20.3 Å². The molecule has 0 bridgehead atoms. The number of phenolic OH excluding ortho intramolecular Hbond substituents is 1. The fraction of sp³-hybridized carbons (Fsp3) is 0.367. The summed E-state index contributed by atoms with van der Waals surface area (Å²) in [5.41, 5.74) is 1.82. The molecule has 3 rings (SSSR count). The van der Waals surface area contributed by atoms with Gasteiger partial charge in [-0.3, -0.25) is 13.9 Å². The van der Waals surface area contributed by atoms with Crippen LogP contribution < -0.4 is 10.1 Å². The number of carbonyl (C=O) groups excluding carboxylic acids is 1. The van der Waals surface area contributed by atoms with Crippen molar-refractivity contribution >= 4 is 21.1 Å². The van der Waals surface area contributed by atoms with E-state index in [2.05, 4.69) is 5.32 Å². The van der Waals surface area contributed by atoms with Gasteiger partial charge in [0.1, 0.15) is 11.5 Å². The summed E-state index contributed by atoms with van der Waals surface area (Å²) in [4.78, 5) is 12.6. The molecule has 0 saturated heterocycles. The summed E-state index contributed by atoms with van der Waals surface area (Å²) in [5, 5.41) is 10.5. The number of ether oxygens (including phenoxy) is 1. The first kappa shape index (κ1) is 33.5. The second-order valence-electron chi connectivity index (χ2n) is 9.05. The zero-order chi connectivity index (χ0) is 30.6. The van der Waals surface area contributed by atoms with Crippen molar-refractivity contribution in [3.63, 3.8) is 0 Å². The molecule has 12 heteroatoms. The molecule has 0 heterocycles. The molecule has 0 aliphatic rings. The molecule has 0 aliphatic carbocycles. The van der Waals surface area contributed by atoms with Crippen LogP contribution in [-0.4, -0.2) is 42.5 Å². The van der Waals surface area contributed by atoms with Crippen molar-refractivity contribution in [2.45, 2.75) is 45.7 Å². The Labute approximate surface area is 247 Å². The van der Waals surface area contributed by atoms with Gasteiger partial charge < -0.3 is 33.3 Å². The molecule has 0 unspecified atom stereocenters. The Morgan fingerprint density at radius 2 is 1.26 bits per heavy atom. The summed E-state index contributed by atoms with van der Waals surface area (Å²) in [7, 11) is -8.88. The lowest BCUT2D eigenvalue weighted by Crippen LogP contribution is -2.41. The van der Waals surface area contributed by atoms with Gasteiger partial charge in [0.25, 0.3) is 5.91 Å². The maximum atomic E-state index is 14.8. The highest BCUT2D eigenvalue weighted by Crippen LogP contribution is 2.78. The van der Waals surface area contributed by atoms with Crippen LogP contribution in [0.15, 0.2) is 78.9 Å². The highest BCUT2D eigenvalue weighted by atomic mass is 31.2. The molecule has 0 aromatic heterocycles. The maximum Gasteiger partial charge on any atom is 0.386 e. The van der Waals surface area contributed by atoms with Gasteiger partial charge in [-0.1, -0.05) is 42.5 Å². The summed E-state index contributed by atoms with van der Waals surface area (Å²) in [6.07, 6.45) is -0.261. The monoisotopic (exact) mass is 619 g/mol. The quantitative estimate of drug-likeness (QED) is 0.152. The number of carbonyl (C=O) groups is 1. The first-order valence-corrected chi connectivity index (χ1v) is 16.9. The van der Waals surface area contributed by atoms with E-state index in [4.69, 9.17) is 22.8 Å². The number of phenols is 1. The Hall–Kier alpha value is -2.97. The van der Waals surface area contributed by atoms with E-state index in [0.717, 1.165) is 5.56 Å². The minimum atomic E-state index is -4.44. The predicted molar refractivity (Wildman–Crippen MR) is 161 cm³/mol. The van der Waals surface area contributed by atoms with Crippen LogP contribution in [-0.2, 0) is 40.2 Å². The molecule has 0 atom stereocenters. The van der Waals surface area contributed by atoms with Crippen molar-refractivity contribution in [3.05, 3.63) is 95.6 Å². The third-order valence-electron chi connectivity index (χ3n) is 6.08. The fourth-order valence-corrected chi connectivity index (χ4v) is 9.74. The largest absolute Gasteiger partial charge is 0.508 e. The molecule has 1 amide bonds. The van der Waals surface area contributed by atoms with E-state index in [1.165, 1.54) is 24.3 Å². The van der Waals surface area contributed by atoms with E-state index in [9.17, 15) is 19.0 Å². The van der Waals surface area contributed by atoms with Crippen molar-refractivity contribution in [2.75, 3.05) is 26.4 Å². The molecule has 2 N–H and O–H groups in total. The van der Waals surface area contributed by atoms with Gasteiger partial charge in [-0.05, 0) is 75.2 Å². The Kier molecular flexibility index (Phi) is 12.4. The van der Waals surface area contributed by atoms with Crippen molar-refractivity contribution in [1.29, 1.82) is 0 Å². The molecule has 3 aromatic rings. The van der Waals surface area contributed by atoms with Crippen LogP contribution in [0.4, 0.5) is 0 Å². The van der Waals surface area contributed by atoms with Crippen LogP contribution >= 0.6 is 15.2 Å². The van der Waals surface area contributed by atoms with Gasteiger partial charge in [-0.2, -0.15) is 0 Å². The Balaban J connectivity index is 2.13. The summed E-state index contributed by atoms with van der Waals surface area (Å²) < 4.78 is 59.0. The molecule has 0 saturated carbocycles. The van der Waals surface area contributed by atoms with Gasteiger partial charge in [-0.15, -0.1) is 0 Å². The molecule has 3 aromatic carbocycles. The van der Waals surface area contributed by atoms with Gasteiger partial charge in [0.05, 0.1) is 26.4 Å². The minimum Gasteiger partial charge on any atom is -0.508 e. The predicted octanol–water partition coefficient (Wildman–Crippen LogP) is 7.13. The minimum absolute atomic E-state index is 0.0196. The van der Waals surface area contributed by atoms with E-state index in [0.29, 0.717) is 11.1 Å². The molecule has 42 heavy (non-hydrogen) atoms. The number of aromatic hydroxyl groups is 1. The van der Waals surface area contributed by atoms with Crippen LogP contribution in [0.2, 0.25) is 0 Å². The van der Waals surface area contributed by atoms with Crippen molar-refractivity contribution in [2.24, 2.45) is 0 Å². The third-order valence-corrected chi connectivity index (χ3v) is 12.2. The van der Waals surface area contributed by atoms with E-state index in [1.54, 1.807) is 70.2 Å². The molecule has 228 valence electrons. The van der Waals surface area contributed by atoms with E-state index >= 15 is 0 Å². The van der Waals surface area contributed by atoms with Crippen molar-refractivity contribution < 1.29 is 41.9 Å². The van der Waals surface area contributed by atoms with Crippen LogP contribution in [0.1, 0.15) is 49.2 Å². The summed E-state index contributed by atoms with van der Waals surface area (Å²) in [6, 6.07) is 21.6. The molecular formula is C30H39NO9P2. The number of nitrogens with one attached hydrogen (secondary N) is 1. The van der Waals surface area contributed by atoms with Gasteiger partial charge in [0.2, 0.25) is 0 Å². The molecule has 0 fully saturated rings. The third kappa shape index (κ3) is 7.90. The molecule has 0 spiro atoms. The average molecular weight is 620 g/mol. The van der Waals surface area contributed by atoms with Crippen molar-refractivity contribution in [3.8, 4) is 11.5 Å². The van der Waals surface area contributed by atoms with E-state index in [1.807, 2.05) is 12.1 Å². The zero-order valence-electron chi connectivity index (χ0n) is 24.4. The zero-order valence-corrected chi connectivity index (χ0v) is 26.1. The SMILES string of the molecule is CCOP(=O)(OCC)C(Cc1cccc(CNC(=O)c2ccccc2)c1)(Oc1ccc(O)cc1)P(=O)(OCC)OCC. The highest BCUT2D eigenvalue weighted by Gasteiger charge is 2.68. The van der Waals surface area contributed by atoms with Gasteiger partial charge in [0, 0.05) is 18.5 Å². The van der Waals surface area contributed by atoms with Crippen LogP contribution in [0.3, 0.4) is 0 Å².